The highest BCUT2D eigenvalue weighted by atomic mass is 19.1. The lowest BCUT2D eigenvalue weighted by Crippen LogP contribution is -2.28. The van der Waals surface area contributed by atoms with E-state index in [1.165, 1.54) is 12.1 Å². The molecule has 0 radical (unpaired) electrons. The summed E-state index contributed by atoms with van der Waals surface area (Å²) >= 11 is 0. The number of likely N-dealkylation sites (tertiary alicyclic amines) is 1. The zero-order valence-corrected chi connectivity index (χ0v) is 16.2. The van der Waals surface area contributed by atoms with Crippen molar-refractivity contribution in [3.8, 4) is 22.8 Å². The molecule has 0 saturated carbocycles. The van der Waals surface area contributed by atoms with Gasteiger partial charge in [-0.2, -0.15) is 4.98 Å². The van der Waals surface area contributed by atoms with Gasteiger partial charge in [-0.3, -0.25) is 4.79 Å². The van der Waals surface area contributed by atoms with Gasteiger partial charge in [-0.05, 0) is 49.2 Å². The summed E-state index contributed by atoms with van der Waals surface area (Å²) in [5, 5.41) is 12.4. The van der Waals surface area contributed by atoms with Crippen LogP contribution in [0.15, 0.2) is 47.0 Å². The monoisotopic (exact) mass is 406 g/mol. The summed E-state index contributed by atoms with van der Waals surface area (Å²) in [5.74, 6) is 0.418. The van der Waals surface area contributed by atoms with Crippen LogP contribution < -0.4 is 0 Å². The molecule has 5 rings (SSSR count). The number of aryl methyl sites for hydroxylation is 1. The van der Waals surface area contributed by atoms with Crippen LogP contribution >= 0.6 is 0 Å². The van der Waals surface area contributed by atoms with Crippen molar-refractivity contribution in [1.82, 2.24) is 30.0 Å². The Morgan fingerprint density at radius 2 is 1.97 bits per heavy atom. The molecule has 0 N–H and O–H groups in total. The van der Waals surface area contributed by atoms with Crippen molar-refractivity contribution in [3.05, 3.63) is 48.3 Å². The molecule has 0 bridgehead atoms. The number of hydrogen-bond acceptors (Lipinski definition) is 6. The lowest BCUT2D eigenvalue weighted by Gasteiger charge is -2.14. The summed E-state index contributed by atoms with van der Waals surface area (Å²) in [6.45, 7) is 2.18. The fourth-order valence-corrected chi connectivity index (χ4v) is 3.68. The highest BCUT2D eigenvalue weighted by molar-refractivity contribution is 5.80. The first-order valence-electron chi connectivity index (χ1n) is 9.88. The van der Waals surface area contributed by atoms with E-state index in [9.17, 15) is 9.18 Å². The Bertz CT molecular complexity index is 1210. The maximum Gasteiger partial charge on any atom is 0.258 e. The largest absolute Gasteiger partial charge is 0.343 e. The molecule has 30 heavy (non-hydrogen) atoms. The van der Waals surface area contributed by atoms with E-state index in [1.807, 2.05) is 23.1 Å². The normalized spacial score (nSPS) is 14.0. The minimum atomic E-state index is -0.367. The summed E-state index contributed by atoms with van der Waals surface area (Å²) in [5.41, 5.74) is 2.75. The van der Waals surface area contributed by atoms with E-state index in [-0.39, 0.29) is 17.6 Å². The van der Waals surface area contributed by atoms with Crippen LogP contribution in [0.1, 0.15) is 19.3 Å². The number of rotatable bonds is 5. The van der Waals surface area contributed by atoms with Crippen LogP contribution in [-0.2, 0) is 11.3 Å². The maximum absolute atomic E-state index is 13.4. The van der Waals surface area contributed by atoms with Crippen LogP contribution in [0.3, 0.4) is 0 Å². The Labute approximate surface area is 171 Å². The Kier molecular flexibility index (Phi) is 4.70. The molecule has 1 saturated heterocycles. The summed E-state index contributed by atoms with van der Waals surface area (Å²) in [7, 11) is 0. The SMILES string of the molecule is O=C(CCn1nnc2cc(-c3noc(-c4cccc(F)c4)n3)ccc21)N1CCCC1. The predicted molar refractivity (Wildman–Crippen MR) is 107 cm³/mol. The number of nitrogens with zero attached hydrogens (tertiary/aromatic N) is 6. The predicted octanol–water partition coefficient (Wildman–Crippen LogP) is 3.30. The van der Waals surface area contributed by atoms with Crippen molar-refractivity contribution in [2.75, 3.05) is 13.1 Å². The number of aromatic nitrogens is 5. The molecule has 8 nitrogen and oxygen atoms in total. The second-order valence-corrected chi connectivity index (χ2v) is 7.29. The molecule has 1 aliphatic heterocycles. The molecule has 0 spiro atoms. The van der Waals surface area contributed by atoms with Gasteiger partial charge in [0.05, 0.1) is 12.1 Å². The number of carbonyl (C=O) groups is 1. The van der Waals surface area contributed by atoms with Gasteiger partial charge in [0.1, 0.15) is 11.3 Å². The molecule has 0 aliphatic carbocycles. The maximum atomic E-state index is 13.4. The van der Waals surface area contributed by atoms with E-state index in [4.69, 9.17) is 4.52 Å². The Hall–Kier alpha value is -3.62. The van der Waals surface area contributed by atoms with Gasteiger partial charge in [-0.1, -0.05) is 16.4 Å². The summed E-state index contributed by atoms with van der Waals surface area (Å²) in [6.07, 6.45) is 2.57. The van der Waals surface area contributed by atoms with Crippen LogP contribution in [-0.4, -0.2) is 49.0 Å². The molecule has 1 amide bonds. The van der Waals surface area contributed by atoms with Crippen LogP contribution in [0.4, 0.5) is 4.39 Å². The summed E-state index contributed by atoms with van der Waals surface area (Å²) < 4.78 is 20.4. The quantitative estimate of drug-likeness (QED) is 0.505. The van der Waals surface area contributed by atoms with Crippen molar-refractivity contribution < 1.29 is 13.7 Å². The van der Waals surface area contributed by atoms with Crippen LogP contribution in [0.5, 0.6) is 0 Å². The van der Waals surface area contributed by atoms with E-state index in [1.54, 1.807) is 16.8 Å². The minimum Gasteiger partial charge on any atom is -0.343 e. The van der Waals surface area contributed by atoms with Gasteiger partial charge in [0, 0.05) is 30.6 Å². The van der Waals surface area contributed by atoms with Crippen molar-refractivity contribution in [2.45, 2.75) is 25.8 Å². The van der Waals surface area contributed by atoms with E-state index >= 15 is 0 Å². The lowest BCUT2D eigenvalue weighted by atomic mass is 10.2. The number of carbonyl (C=O) groups excluding carboxylic acids is 1. The molecule has 2 aromatic carbocycles. The van der Waals surface area contributed by atoms with Gasteiger partial charge < -0.3 is 9.42 Å². The van der Waals surface area contributed by atoms with Crippen molar-refractivity contribution in [2.24, 2.45) is 0 Å². The molecule has 2 aromatic heterocycles. The number of benzene rings is 2. The van der Waals surface area contributed by atoms with Gasteiger partial charge in [0.2, 0.25) is 11.7 Å². The van der Waals surface area contributed by atoms with Crippen LogP contribution in [0, 0.1) is 5.82 Å². The fourth-order valence-electron chi connectivity index (χ4n) is 3.68. The molecule has 1 fully saturated rings. The standard InChI is InChI=1S/C21H19FN6O2/c22-16-5-3-4-15(12-16)21-23-20(25-30-21)14-6-7-18-17(13-14)24-26-28(18)11-8-19(29)27-9-1-2-10-27/h3-7,12-13H,1-2,8-11H2. The first-order valence-corrected chi connectivity index (χ1v) is 9.88. The molecular weight excluding hydrogens is 387 g/mol. The third-order valence-electron chi connectivity index (χ3n) is 5.27. The third-order valence-corrected chi connectivity index (χ3v) is 5.27. The smallest absolute Gasteiger partial charge is 0.258 e. The molecule has 4 aromatic rings. The molecule has 152 valence electrons. The van der Waals surface area contributed by atoms with Crippen molar-refractivity contribution in [1.29, 1.82) is 0 Å². The minimum absolute atomic E-state index is 0.157. The highest BCUT2D eigenvalue weighted by Crippen LogP contribution is 2.25. The highest BCUT2D eigenvalue weighted by Gasteiger charge is 2.18. The zero-order valence-electron chi connectivity index (χ0n) is 16.2. The first kappa shape index (κ1) is 18.4. The van der Waals surface area contributed by atoms with Crippen molar-refractivity contribution >= 4 is 16.9 Å². The van der Waals surface area contributed by atoms with Gasteiger partial charge in [-0.25, -0.2) is 9.07 Å². The van der Waals surface area contributed by atoms with E-state index in [0.717, 1.165) is 31.4 Å². The lowest BCUT2D eigenvalue weighted by molar-refractivity contribution is -0.130. The number of hydrogen-bond donors (Lipinski definition) is 0. The van der Waals surface area contributed by atoms with Gasteiger partial charge in [-0.15, -0.1) is 5.10 Å². The molecule has 1 aliphatic rings. The second-order valence-electron chi connectivity index (χ2n) is 7.29. The summed E-state index contributed by atoms with van der Waals surface area (Å²) in [6, 6.07) is 11.5. The average molecular weight is 406 g/mol. The Morgan fingerprint density at radius 3 is 2.80 bits per heavy atom. The first-order chi connectivity index (χ1) is 14.7. The molecule has 0 unspecified atom stereocenters. The Balaban J connectivity index is 1.34. The van der Waals surface area contributed by atoms with Gasteiger partial charge >= 0.3 is 0 Å². The van der Waals surface area contributed by atoms with Gasteiger partial charge in [0.25, 0.3) is 5.89 Å². The molecule has 3 heterocycles. The van der Waals surface area contributed by atoms with Gasteiger partial charge in [0.15, 0.2) is 0 Å². The number of halogens is 1. The van der Waals surface area contributed by atoms with Crippen LogP contribution in [0.2, 0.25) is 0 Å². The molecule has 9 heteroatoms. The van der Waals surface area contributed by atoms with E-state index in [2.05, 4.69) is 20.5 Å². The van der Waals surface area contributed by atoms with E-state index in [0.29, 0.717) is 35.4 Å². The van der Waals surface area contributed by atoms with Crippen LogP contribution in [0.25, 0.3) is 33.9 Å². The third kappa shape index (κ3) is 3.54. The zero-order chi connectivity index (χ0) is 20.5. The average Bonchev–Trinajstić information content (AvgIpc) is 3.52. The molecule has 0 atom stereocenters. The van der Waals surface area contributed by atoms with Crippen molar-refractivity contribution in [3.63, 3.8) is 0 Å². The molecular formula is C21H19FN6O2. The number of amides is 1. The summed E-state index contributed by atoms with van der Waals surface area (Å²) in [4.78, 5) is 18.5. The fraction of sp³-hybridized carbons (Fsp3) is 0.286. The Morgan fingerprint density at radius 1 is 1.10 bits per heavy atom. The topological polar surface area (TPSA) is 89.9 Å². The number of fused-ring (bicyclic) bond motifs is 1. The van der Waals surface area contributed by atoms with E-state index < -0.39 is 0 Å². The second kappa shape index (κ2) is 7.66.